The lowest BCUT2D eigenvalue weighted by Gasteiger charge is -2.22. The van der Waals surface area contributed by atoms with Gasteiger partial charge in [0.1, 0.15) is 12.4 Å². The molecule has 0 spiro atoms. The number of likely N-dealkylation sites (tertiary alicyclic amines) is 1. The standard InChI is InChI=1S/C12H16FNO/c13-11-6-7-14(9-11)12(15)8-10-4-2-1-3-5-10/h1-5,11-12,15H,6-9H2/t11-,12-/m0/s1. The molecule has 1 saturated heterocycles. The van der Waals surface area contributed by atoms with Gasteiger partial charge in [0, 0.05) is 19.5 Å². The zero-order valence-corrected chi connectivity index (χ0v) is 8.64. The van der Waals surface area contributed by atoms with E-state index in [0.717, 1.165) is 5.56 Å². The number of halogens is 1. The minimum Gasteiger partial charge on any atom is -0.378 e. The van der Waals surface area contributed by atoms with Gasteiger partial charge in [0.25, 0.3) is 0 Å². The minimum absolute atomic E-state index is 0.369. The van der Waals surface area contributed by atoms with Crippen LogP contribution in [-0.2, 0) is 6.42 Å². The van der Waals surface area contributed by atoms with Crippen molar-refractivity contribution < 1.29 is 9.50 Å². The summed E-state index contributed by atoms with van der Waals surface area (Å²) >= 11 is 0. The third kappa shape index (κ3) is 2.76. The Hall–Kier alpha value is -0.930. The SMILES string of the molecule is O[C@@H](Cc1ccccc1)N1CC[C@H](F)C1. The van der Waals surface area contributed by atoms with Gasteiger partial charge in [-0.15, -0.1) is 0 Å². The number of hydrogen-bond donors (Lipinski definition) is 1. The summed E-state index contributed by atoms with van der Waals surface area (Å²) in [6.45, 7) is 1.03. The molecule has 1 aromatic rings. The Bertz CT molecular complexity index is 304. The predicted octanol–water partition coefficient (Wildman–Crippen LogP) is 1.59. The molecule has 1 fully saturated rings. The van der Waals surface area contributed by atoms with Crippen LogP contribution in [0.4, 0.5) is 4.39 Å². The van der Waals surface area contributed by atoms with Crippen molar-refractivity contribution in [2.24, 2.45) is 0 Å². The zero-order valence-electron chi connectivity index (χ0n) is 8.64. The highest BCUT2D eigenvalue weighted by Crippen LogP contribution is 2.16. The van der Waals surface area contributed by atoms with E-state index in [4.69, 9.17) is 0 Å². The summed E-state index contributed by atoms with van der Waals surface area (Å²) in [4.78, 5) is 1.80. The van der Waals surface area contributed by atoms with Crippen LogP contribution >= 0.6 is 0 Å². The second-order valence-electron chi connectivity index (χ2n) is 4.05. The van der Waals surface area contributed by atoms with Gasteiger partial charge in [-0.25, -0.2) is 4.39 Å². The first-order valence-corrected chi connectivity index (χ1v) is 5.36. The maximum absolute atomic E-state index is 12.9. The van der Waals surface area contributed by atoms with Crippen LogP contribution in [0.5, 0.6) is 0 Å². The van der Waals surface area contributed by atoms with Gasteiger partial charge in [0.05, 0.1) is 0 Å². The smallest absolute Gasteiger partial charge is 0.114 e. The summed E-state index contributed by atoms with van der Waals surface area (Å²) in [6, 6.07) is 9.80. The highest BCUT2D eigenvalue weighted by Gasteiger charge is 2.26. The third-order valence-electron chi connectivity index (χ3n) is 2.84. The highest BCUT2D eigenvalue weighted by molar-refractivity contribution is 5.15. The Kier molecular flexibility index (Phi) is 3.34. The summed E-state index contributed by atoms with van der Waals surface area (Å²) in [5, 5.41) is 9.88. The molecular weight excluding hydrogens is 193 g/mol. The van der Waals surface area contributed by atoms with Crippen LogP contribution in [0, 0.1) is 0 Å². The Labute approximate surface area is 89.3 Å². The molecule has 1 aromatic carbocycles. The van der Waals surface area contributed by atoms with Crippen LogP contribution in [0.3, 0.4) is 0 Å². The van der Waals surface area contributed by atoms with Crippen LogP contribution in [0.15, 0.2) is 30.3 Å². The molecule has 3 heteroatoms. The lowest BCUT2D eigenvalue weighted by atomic mass is 10.1. The first-order valence-electron chi connectivity index (χ1n) is 5.36. The van der Waals surface area contributed by atoms with Crippen LogP contribution in [-0.4, -0.2) is 35.5 Å². The Balaban J connectivity index is 1.90. The number of alkyl halides is 1. The average Bonchev–Trinajstić information content (AvgIpc) is 2.66. The van der Waals surface area contributed by atoms with Crippen LogP contribution in [0.25, 0.3) is 0 Å². The van der Waals surface area contributed by atoms with E-state index in [2.05, 4.69) is 0 Å². The number of benzene rings is 1. The summed E-state index contributed by atoms with van der Waals surface area (Å²) < 4.78 is 12.9. The van der Waals surface area contributed by atoms with Crippen molar-refractivity contribution in [2.45, 2.75) is 25.2 Å². The molecule has 2 atom stereocenters. The molecule has 1 aliphatic heterocycles. The van der Waals surface area contributed by atoms with Gasteiger partial charge >= 0.3 is 0 Å². The maximum Gasteiger partial charge on any atom is 0.114 e. The summed E-state index contributed by atoms with van der Waals surface area (Å²) in [6.07, 6.45) is -0.192. The molecule has 1 aliphatic rings. The van der Waals surface area contributed by atoms with E-state index in [-0.39, 0.29) is 0 Å². The minimum atomic E-state index is -0.768. The molecule has 0 saturated carbocycles. The van der Waals surface area contributed by atoms with Crippen molar-refractivity contribution in [2.75, 3.05) is 13.1 Å². The van der Waals surface area contributed by atoms with Crippen molar-refractivity contribution in [1.29, 1.82) is 0 Å². The van der Waals surface area contributed by atoms with Gasteiger partial charge in [-0.05, 0) is 12.0 Å². The van der Waals surface area contributed by atoms with Crippen LogP contribution in [0.2, 0.25) is 0 Å². The molecule has 2 rings (SSSR count). The molecule has 0 radical (unpaired) electrons. The van der Waals surface area contributed by atoms with E-state index >= 15 is 0 Å². The number of nitrogens with zero attached hydrogens (tertiary/aromatic N) is 1. The lowest BCUT2D eigenvalue weighted by Crippen LogP contribution is -2.35. The van der Waals surface area contributed by atoms with Crippen molar-refractivity contribution in [3.63, 3.8) is 0 Å². The molecule has 0 aliphatic carbocycles. The van der Waals surface area contributed by atoms with Crippen molar-refractivity contribution in [3.8, 4) is 0 Å². The fourth-order valence-corrected chi connectivity index (χ4v) is 1.97. The van der Waals surface area contributed by atoms with E-state index in [1.54, 1.807) is 4.90 Å². The van der Waals surface area contributed by atoms with Gasteiger partial charge in [-0.2, -0.15) is 0 Å². The molecule has 2 nitrogen and oxygen atoms in total. The first kappa shape index (κ1) is 10.6. The number of aliphatic hydroxyl groups is 1. The fraction of sp³-hybridized carbons (Fsp3) is 0.500. The summed E-state index contributed by atoms with van der Waals surface area (Å²) in [5.41, 5.74) is 1.09. The number of hydrogen-bond acceptors (Lipinski definition) is 2. The van der Waals surface area contributed by atoms with Crippen LogP contribution < -0.4 is 0 Å². The van der Waals surface area contributed by atoms with E-state index in [0.29, 0.717) is 25.9 Å². The molecule has 1 N–H and O–H groups in total. The third-order valence-corrected chi connectivity index (χ3v) is 2.84. The van der Waals surface area contributed by atoms with Gasteiger partial charge in [0.15, 0.2) is 0 Å². The molecule has 0 aromatic heterocycles. The van der Waals surface area contributed by atoms with Gasteiger partial charge in [-0.1, -0.05) is 30.3 Å². The summed E-state index contributed by atoms with van der Waals surface area (Å²) in [5.74, 6) is 0. The van der Waals surface area contributed by atoms with Gasteiger partial charge in [-0.3, -0.25) is 4.90 Å². The molecular formula is C12H16FNO. The highest BCUT2D eigenvalue weighted by atomic mass is 19.1. The van der Waals surface area contributed by atoms with Crippen molar-refractivity contribution in [1.82, 2.24) is 4.90 Å². The van der Waals surface area contributed by atoms with E-state index < -0.39 is 12.4 Å². The monoisotopic (exact) mass is 209 g/mol. The Morgan fingerprint density at radius 1 is 1.40 bits per heavy atom. The molecule has 0 unspecified atom stereocenters. The van der Waals surface area contributed by atoms with Crippen molar-refractivity contribution >= 4 is 0 Å². The van der Waals surface area contributed by atoms with Gasteiger partial charge in [0.2, 0.25) is 0 Å². The first-order chi connectivity index (χ1) is 7.25. The second kappa shape index (κ2) is 4.73. The number of rotatable bonds is 3. The largest absolute Gasteiger partial charge is 0.378 e. The van der Waals surface area contributed by atoms with E-state index in [1.165, 1.54) is 0 Å². The Morgan fingerprint density at radius 2 is 2.13 bits per heavy atom. The van der Waals surface area contributed by atoms with Crippen LogP contribution in [0.1, 0.15) is 12.0 Å². The topological polar surface area (TPSA) is 23.5 Å². The molecule has 1 heterocycles. The van der Waals surface area contributed by atoms with Gasteiger partial charge < -0.3 is 5.11 Å². The zero-order chi connectivity index (χ0) is 10.7. The Morgan fingerprint density at radius 3 is 2.73 bits per heavy atom. The van der Waals surface area contributed by atoms with E-state index in [9.17, 15) is 9.50 Å². The lowest BCUT2D eigenvalue weighted by molar-refractivity contribution is 0.0173. The molecule has 15 heavy (non-hydrogen) atoms. The molecule has 0 amide bonds. The average molecular weight is 209 g/mol. The predicted molar refractivity (Wildman–Crippen MR) is 57.2 cm³/mol. The molecule has 0 bridgehead atoms. The summed E-state index contributed by atoms with van der Waals surface area (Å²) in [7, 11) is 0. The maximum atomic E-state index is 12.9. The van der Waals surface area contributed by atoms with E-state index in [1.807, 2.05) is 30.3 Å². The fourth-order valence-electron chi connectivity index (χ4n) is 1.97. The quantitative estimate of drug-likeness (QED) is 0.817. The second-order valence-corrected chi connectivity index (χ2v) is 4.05. The van der Waals surface area contributed by atoms with Crippen molar-refractivity contribution in [3.05, 3.63) is 35.9 Å². The number of aliphatic hydroxyl groups excluding tert-OH is 1. The molecule has 82 valence electrons. The normalized spacial score (nSPS) is 24.3.